The molecule has 100 valence electrons. The van der Waals surface area contributed by atoms with E-state index in [1.165, 1.54) is 0 Å². The zero-order chi connectivity index (χ0) is 14.7. The van der Waals surface area contributed by atoms with E-state index in [4.69, 9.17) is 16.7 Å². The Morgan fingerprint density at radius 3 is 2.60 bits per heavy atom. The van der Waals surface area contributed by atoms with Crippen molar-refractivity contribution < 1.29 is 4.79 Å². The van der Waals surface area contributed by atoms with Crippen molar-refractivity contribution in [3.8, 4) is 6.07 Å². The highest BCUT2D eigenvalue weighted by Gasteiger charge is 2.12. The van der Waals surface area contributed by atoms with E-state index in [0.717, 1.165) is 11.4 Å². The molecular weight excluding hydrogens is 252 g/mol. The number of nitriles is 1. The Bertz CT molecular complexity index is 703. The molecule has 2 aromatic carbocycles. The van der Waals surface area contributed by atoms with Crippen LogP contribution in [0, 0.1) is 11.3 Å². The summed E-state index contributed by atoms with van der Waals surface area (Å²) in [5, 5.41) is 9.13. The fraction of sp³-hybridized carbons (Fsp3) is 0.0667. The zero-order valence-corrected chi connectivity index (χ0v) is 11.0. The molecular formula is C15H14N4O. The molecule has 1 amide bonds. The van der Waals surface area contributed by atoms with Crippen molar-refractivity contribution in [2.45, 2.75) is 0 Å². The van der Waals surface area contributed by atoms with Gasteiger partial charge >= 0.3 is 0 Å². The predicted molar refractivity (Wildman–Crippen MR) is 78.6 cm³/mol. The molecule has 0 unspecified atom stereocenters. The van der Waals surface area contributed by atoms with E-state index in [9.17, 15) is 4.79 Å². The number of primary amides is 1. The van der Waals surface area contributed by atoms with Crippen molar-refractivity contribution in [2.75, 3.05) is 17.7 Å². The summed E-state index contributed by atoms with van der Waals surface area (Å²) in [5.41, 5.74) is 13.6. The summed E-state index contributed by atoms with van der Waals surface area (Å²) in [4.78, 5) is 13.1. The van der Waals surface area contributed by atoms with Crippen LogP contribution in [-0.4, -0.2) is 13.0 Å². The Labute approximate surface area is 117 Å². The number of amides is 1. The maximum atomic E-state index is 11.3. The number of hydrogen-bond donors (Lipinski definition) is 2. The van der Waals surface area contributed by atoms with E-state index in [1.807, 2.05) is 24.1 Å². The molecule has 4 N–H and O–H groups in total. The van der Waals surface area contributed by atoms with E-state index < -0.39 is 5.91 Å². The average molecular weight is 266 g/mol. The van der Waals surface area contributed by atoms with Gasteiger partial charge in [0, 0.05) is 18.4 Å². The van der Waals surface area contributed by atoms with Gasteiger partial charge in [-0.2, -0.15) is 5.26 Å². The van der Waals surface area contributed by atoms with Crippen LogP contribution in [0.4, 0.5) is 17.1 Å². The maximum absolute atomic E-state index is 11.3. The zero-order valence-electron chi connectivity index (χ0n) is 11.0. The smallest absolute Gasteiger partial charge is 0.250 e. The number of nitrogens with zero attached hydrogens (tertiary/aromatic N) is 2. The molecule has 5 nitrogen and oxygen atoms in total. The third kappa shape index (κ3) is 2.40. The number of nitrogen functional groups attached to an aromatic ring is 1. The van der Waals surface area contributed by atoms with E-state index in [2.05, 4.69) is 6.07 Å². The van der Waals surface area contributed by atoms with Crippen LogP contribution < -0.4 is 16.4 Å². The van der Waals surface area contributed by atoms with E-state index in [-0.39, 0.29) is 5.56 Å². The van der Waals surface area contributed by atoms with Gasteiger partial charge in [-0.05, 0) is 30.3 Å². The monoisotopic (exact) mass is 266 g/mol. The summed E-state index contributed by atoms with van der Waals surface area (Å²) in [6.45, 7) is 0. The predicted octanol–water partition coefficient (Wildman–Crippen LogP) is 2.01. The lowest BCUT2D eigenvalue weighted by molar-refractivity contribution is 0.100. The van der Waals surface area contributed by atoms with Gasteiger partial charge in [0.15, 0.2) is 0 Å². The topological polar surface area (TPSA) is 96.1 Å². The first kappa shape index (κ1) is 13.4. The third-order valence-corrected chi connectivity index (χ3v) is 3.08. The van der Waals surface area contributed by atoms with Crippen LogP contribution in [-0.2, 0) is 0 Å². The lowest BCUT2D eigenvalue weighted by Gasteiger charge is -2.21. The standard InChI is InChI=1S/C15H14N4O/c1-19(14-5-3-2-4-10(14)9-16)11-6-7-13(17)12(8-11)15(18)20/h2-8H,17H2,1H3,(H2,18,20). The first-order valence-electron chi connectivity index (χ1n) is 5.96. The highest BCUT2D eigenvalue weighted by atomic mass is 16.1. The van der Waals surface area contributed by atoms with Gasteiger partial charge in [-0.3, -0.25) is 4.79 Å². The van der Waals surface area contributed by atoms with Gasteiger partial charge in [0.2, 0.25) is 0 Å². The number of anilines is 3. The largest absolute Gasteiger partial charge is 0.398 e. The Hall–Kier alpha value is -3.00. The normalized spacial score (nSPS) is 9.80. The minimum Gasteiger partial charge on any atom is -0.398 e. The quantitative estimate of drug-likeness (QED) is 0.830. The summed E-state index contributed by atoms with van der Waals surface area (Å²) in [6, 6.07) is 14.4. The van der Waals surface area contributed by atoms with Crippen LogP contribution in [0.15, 0.2) is 42.5 Å². The summed E-state index contributed by atoms with van der Waals surface area (Å²) < 4.78 is 0. The van der Waals surface area contributed by atoms with Crippen LogP contribution in [0.5, 0.6) is 0 Å². The number of carbonyl (C=O) groups is 1. The first-order chi connectivity index (χ1) is 9.54. The number of benzene rings is 2. The third-order valence-electron chi connectivity index (χ3n) is 3.08. The lowest BCUT2D eigenvalue weighted by Crippen LogP contribution is -2.16. The van der Waals surface area contributed by atoms with Crippen molar-refractivity contribution in [3.05, 3.63) is 53.6 Å². The second-order valence-electron chi connectivity index (χ2n) is 4.32. The molecule has 0 fully saturated rings. The molecule has 20 heavy (non-hydrogen) atoms. The molecule has 0 saturated heterocycles. The molecule has 0 aromatic heterocycles. The summed E-state index contributed by atoms with van der Waals surface area (Å²) in [7, 11) is 1.81. The van der Waals surface area contributed by atoms with Gasteiger partial charge in [0.25, 0.3) is 5.91 Å². The Morgan fingerprint density at radius 1 is 1.25 bits per heavy atom. The highest BCUT2D eigenvalue weighted by Crippen LogP contribution is 2.28. The van der Waals surface area contributed by atoms with Crippen molar-refractivity contribution in [2.24, 2.45) is 5.73 Å². The molecule has 5 heteroatoms. The Morgan fingerprint density at radius 2 is 1.95 bits per heavy atom. The second-order valence-corrected chi connectivity index (χ2v) is 4.32. The molecule has 2 aromatic rings. The summed E-state index contributed by atoms with van der Waals surface area (Å²) >= 11 is 0. The van der Waals surface area contributed by atoms with Crippen molar-refractivity contribution in [3.63, 3.8) is 0 Å². The fourth-order valence-corrected chi connectivity index (χ4v) is 1.97. The van der Waals surface area contributed by atoms with Crippen molar-refractivity contribution in [1.29, 1.82) is 5.26 Å². The molecule has 0 radical (unpaired) electrons. The Kier molecular flexibility index (Phi) is 3.58. The summed E-state index contributed by atoms with van der Waals surface area (Å²) in [6.07, 6.45) is 0. The van der Waals surface area contributed by atoms with Crippen molar-refractivity contribution in [1.82, 2.24) is 0 Å². The fourth-order valence-electron chi connectivity index (χ4n) is 1.97. The average Bonchev–Trinajstić information content (AvgIpc) is 2.46. The molecule has 0 aliphatic rings. The first-order valence-corrected chi connectivity index (χ1v) is 5.96. The van der Waals surface area contributed by atoms with E-state index >= 15 is 0 Å². The van der Waals surface area contributed by atoms with Crippen LogP contribution in [0.25, 0.3) is 0 Å². The minimum absolute atomic E-state index is 0.267. The van der Waals surface area contributed by atoms with Gasteiger partial charge in [-0.1, -0.05) is 12.1 Å². The number of rotatable bonds is 3. The minimum atomic E-state index is -0.577. The van der Waals surface area contributed by atoms with Gasteiger partial charge < -0.3 is 16.4 Å². The number of carbonyl (C=O) groups excluding carboxylic acids is 1. The maximum Gasteiger partial charge on any atom is 0.250 e. The number of para-hydroxylation sites is 1. The van der Waals surface area contributed by atoms with Gasteiger partial charge in [0.1, 0.15) is 6.07 Å². The SMILES string of the molecule is CN(c1ccc(N)c(C(N)=O)c1)c1ccccc1C#N. The Balaban J connectivity index is 2.49. The summed E-state index contributed by atoms with van der Waals surface area (Å²) in [5.74, 6) is -0.577. The molecule has 0 heterocycles. The van der Waals surface area contributed by atoms with E-state index in [1.54, 1.807) is 30.3 Å². The lowest BCUT2D eigenvalue weighted by atomic mass is 10.1. The molecule has 0 saturated carbocycles. The number of nitrogens with two attached hydrogens (primary N) is 2. The molecule has 0 bridgehead atoms. The van der Waals surface area contributed by atoms with E-state index in [0.29, 0.717) is 11.3 Å². The highest BCUT2D eigenvalue weighted by molar-refractivity contribution is 5.99. The second kappa shape index (κ2) is 5.33. The van der Waals surface area contributed by atoms with Crippen LogP contribution in [0.2, 0.25) is 0 Å². The molecule has 2 rings (SSSR count). The molecule has 0 spiro atoms. The van der Waals surface area contributed by atoms with Gasteiger partial charge in [0.05, 0.1) is 16.8 Å². The van der Waals surface area contributed by atoms with Crippen LogP contribution in [0.3, 0.4) is 0 Å². The van der Waals surface area contributed by atoms with Crippen molar-refractivity contribution >= 4 is 23.0 Å². The molecule has 0 aliphatic heterocycles. The molecule has 0 atom stereocenters. The van der Waals surface area contributed by atoms with Crippen LogP contribution in [0.1, 0.15) is 15.9 Å². The van der Waals surface area contributed by atoms with Crippen LogP contribution >= 0.6 is 0 Å². The number of hydrogen-bond acceptors (Lipinski definition) is 4. The van der Waals surface area contributed by atoms with Gasteiger partial charge in [-0.15, -0.1) is 0 Å². The molecule has 0 aliphatic carbocycles. The van der Waals surface area contributed by atoms with Gasteiger partial charge in [-0.25, -0.2) is 0 Å².